The van der Waals surface area contributed by atoms with Crippen LogP contribution in [0.2, 0.25) is 0 Å². The number of esters is 1. The summed E-state index contributed by atoms with van der Waals surface area (Å²) in [7, 11) is -3.50. The Bertz CT molecular complexity index is 1140. The molecule has 30 heavy (non-hydrogen) atoms. The van der Waals surface area contributed by atoms with Crippen LogP contribution in [0, 0.1) is 0 Å². The van der Waals surface area contributed by atoms with Crippen molar-refractivity contribution in [3.05, 3.63) is 48.2 Å². The van der Waals surface area contributed by atoms with Gasteiger partial charge in [0.25, 0.3) is 15.9 Å². The fraction of sp³-hybridized carbons (Fsp3) is 0.263. The number of carbonyl (C=O) groups excluding carboxylic acids is 3. The fourth-order valence-electron chi connectivity index (χ4n) is 3.25. The number of nitrogens with zero attached hydrogens (tertiary/aromatic N) is 3. The predicted molar refractivity (Wildman–Crippen MR) is 108 cm³/mol. The number of para-hydroxylation sites is 2. The van der Waals surface area contributed by atoms with E-state index in [1.165, 1.54) is 35.1 Å². The number of anilines is 2. The van der Waals surface area contributed by atoms with Crippen LogP contribution in [0.15, 0.2) is 52.6 Å². The predicted octanol–water partition coefficient (Wildman–Crippen LogP) is 0.401. The molecule has 1 atom stereocenters. The van der Waals surface area contributed by atoms with Crippen molar-refractivity contribution >= 4 is 45.0 Å². The molecule has 0 unspecified atom stereocenters. The van der Waals surface area contributed by atoms with Gasteiger partial charge >= 0.3 is 5.97 Å². The molecule has 3 heterocycles. The maximum Gasteiger partial charge on any atom is 0.340 e. The van der Waals surface area contributed by atoms with Gasteiger partial charge in [0.15, 0.2) is 6.10 Å². The van der Waals surface area contributed by atoms with Crippen LogP contribution in [0.1, 0.15) is 6.92 Å². The Balaban J connectivity index is 1.47. The molecule has 3 aliphatic heterocycles. The van der Waals surface area contributed by atoms with Crippen molar-refractivity contribution in [2.75, 3.05) is 29.1 Å². The van der Waals surface area contributed by atoms with E-state index in [9.17, 15) is 22.8 Å². The van der Waals surface area contributed by atoms with Crippen molar-refractivity contribution in [1.29, 1.82) is 0 Å². The van der Waals surface area contributed by atoms with Gasteiger partial charge in [-0.1, -0.05) is 12.1 Å². The van der Waals surface area contributed by atoms with Gasteiger partial charge in [-0.25, -0.2) is 13.2 Å². The molecule has 4 rings (SSSR count). The monoisotopic (exact) mass is 430 g/mol. The van der Waals surface area contributed by atoms with Crippen LogP contribution in [-0.2, 0) is 29.1 Å². The minimum absolute atomic E-state index is 0.157. The summed E-state index contributed by atoms with van der Waals surface area (Å²) in [4.78, 5) is 40.1. The van der Waals surface area contributed by atoms with Gasteiger partial charge in [-0.05, 0) is 31.2 Å². The first-order chi connectivity index (χ1) is 14.2. The smallest absolute Gasteiger partial charge is 0.340 e. The van der Waals surface area contributed by atoms with Gasteiger partial charge in [-0.15, -0.1) is 4.40 Å². The average Bonchev–Trinajstić information content (AvgIpc) is 2.71. The van der Waals surface area contributed by atoms with E-state index in [0.717, 1.165) is 0 Å². The zero-order valence-electron chi connectivity index (χ0n) is 15.9. The van der Waals surface area contributed by atoms with E-state index in [0.29, 0.717) is 11.4 Å². The van der Waals surface area contributed by atoms with Gasteiger partial charge < -0.3 is 15.0 Å². The van der Waals surface area contributed by atoms with Crippen LogP contribution in [0.3, 0.4) is 0 Å². The fourth-order valence-corrected chi connectivity index (χ4v) is 4.22. The number of sulfonamides is 1. The maximum atomic E-state index is 12.9. The van der Waals surface area contributed by atoms with Crippen molar-refractivity contribution in [2.45, 2.75) is 13.0 Å². The SMILES string of the molecule is C[C@@H](OC(=O)C1=CN2CCS(=O)(=O)N=C2C=C1)C(=O)N1CC(=O)Nc2ccccc21. The standard InChI is InChI=1S/C19H18N4O6S/c1-12(18(25)23-11-17(24)20-14-4-2-3-5-15(14)23)29-19(26)13-6-7-16-21-30(27,28)9-8-22(16)10-13/h2-7,10,12H,8-9,11H2,1H3,(H,20,24)/t12-/m1/s1. The molecule has 0 spiro atoms. The third kappa shape index (κ3) is 3.83. The molecule has 3 aliphatic rings. The quantitative estimate of drug-likeness (QED) is 0.688. The first-order valence-electron chi connectivity index (χ1n) is 9.14. The molecule has 0 aliphatic carbocycles. The van der Waals surface area contributed by atoms with E-state index in [2.05, 4.69) is 9.71 Å². The van der Waals surface area contributed by atoms with Gasteiger partial charge in [-0.2, -0.15) is 0 Å². The largest absolute Gasteiger partial charge is 0.449 e. The highest BCUT2D eigenvalue weighted by atomic mass is 32.2. The summed E-state index contributed by atoms with van der Waals surface area (Å²) in [6.07, 6.45) is 3.10. The van der Waals surface area contributed by atoms with Crippen molar-refractivity contribution in [3.63, 3.8) is 0 Å². The Morgan fingerprint density at radius 2 is 2.00 bits per heavy atom. The Labute approximate surface area is 172 Å². The summed E-state index contributed by atoms with van der Waals surface area (Å²) in [6, 6.07) is 6.85. The molecule has 0 bridgehead atoms. The summed E-state index contributed by atoms with van der Waals surface area (Å²) < 4.78 is 32.1. The summed E-state index contributed by atoms with van der Waals surface area (Å²) in [6.45, 7) is 1.42. The lowest BCUT2D eigenvalue weighted by molar-refractivity contribution is -0.149. The molecule has 1 N–H and O–H groups in total. The van der Waals surface area contributed by atoms with E-state index in [-0.39, 0.29) is 36.2 Å². The maximum absolute atomic E-state index is 12.9. The highest BCUT2D eigenvalue weighted by Crippen LogP contribution is 2.29. The zero-order chi connectivity index (χ0) is 21.5. The van der Waals surface area contributed by atoms with Gasteiger partial charge in [0.05, 0.1) is 22.7 Å². The minimum Gasteiger partial charge on any atom is -0.449 e. The number of benzene rings is 1. The number of rotatable bonds is 3. The molecule has 0 saturated heterocycles. The van der Waals surface area contributed by atoms with Gasteiger partial charge in [0.1, 0.15) is 12.4 Å². The second-order valence-corrected chi connectivity index (χ2v) is 8.64. The van der Waals surface area contributed by atoms with Crippen molar-refractivity contribution in [1.82, 2.24) is 4.90 Å². The second-order valence-electron chi connectivity index (χ2n) is 6.88. The third-order valence-electron chi connectivity index (χ3n) is 4.73. The van der Waals surface area contributed by atoms with Crippen LogP contribution >= 0.6 is 0 Å². The molecule has 11 heteroatoms. The summed E-state index contributed by atoms with van der Waals surface area (Å²) in [5, 5.41) is 2.69. The van der Waals surface area contributed by atoms with Crippen LogP contribution in [-0.4, -0.2) is 61.9 Å². The van der Waals surface area contributed by atoms with Crippen molar-refractivity contribution in [3.8, 4) is 0 Å². The molecule has 2 amide bonds. The van der Waals surface area contributed by atoms with E-state index in [4.69, 9.17) is 4.74 Å². The summed E-state index contributed by atoms with van der Waals surface area (Å²) in [5.41, 5.74) is 1.19. The first-order valence-corrected chi connectivity index (χ1v) is 10.7. The normalized spacial score (nSPS) is 20.2. The Kier molecular flexibility index (Phi) is 4.90. The first kappa shape index (κ1) is 19.8. The number of amidine groups is 1. The number of nitrogens with one attached hydrogen (secondary N) is 1. The number of fused-ring (bicyclic) bond motifs is 2. The Morgan fingerprint density at radius 3 is 2.80 bits per heavy atom. The molecule has 0 fully saturated rings. The number of amides is 2. The lowest BCUT2D eigenvalue weighted by Crippen LogP contribution is -2.47. The lowest BCUT2D eigenvalue weighted by atomic mass is 10.1. The second kappa shape index (κ2) is 7.41. The van der Waals surface area contributed by atoms with Gasteiger partial charge in [-0.3, -0.25) is 14.5 Å². The topological polar surface area (TPSA) is 125 Å². The van der Waals surface area contributed by atoms with Gasteiger partial charge in [0.2, 0.25) is 5.91 Å². The molecule has 0 saturated carbocycles. The lowest BCUT2D eigenvalue weighted by Gasteiger charge is -2.31. The number of ether oxygens (including phenoxy) is 1. The molecule has 0 aromatic heterocycles. The number of hydrogen-bond donors (Lipinski definition) is 1. The van der Waals surface area contributed by atoms with Crippen molar-refractivity contribution in [2.24, 2.45) is 4.40 Å². The molecule has 1 aromatic rings. The summed E-state index contributed by atoms with van der Waals surface area (Å²) in [5.74, 6) is -1.55. The number of carbonyl (C=O) groups is 3. The molecule has 1 aromatic carbocycles. The van der Waals surface area contributed by atoms with Crippen LogP contribution in [0.5, 0.6) is 0 Å². The van der Waals surface area contributed by atoms with E-state index < -0.39 is 28.0 Å². The van der Waals surface area contributed by atoms with E-state index >= 15 is 0 Å². The van der Waals surface area contributed by atoms with Gasteiger partial charge in [0, 0.05) is 12.7 Å². The third-order valence-corrected chi connectivity index (χ3v) is 5.89. The molecule has 0 radical (unpaired) electrons. The Morgan fingerprint density at radius 1 is 1.23 bits per heavy atom. The highest BCUT2D eigenvalue weighted by Gasteiger charge is 2.32. The van der Waals surface area contributed by atoms with Crippen LogP contribution < -0.4 is 10.2 Å². The average molecular weight is 430 g/mol. The zero-order valence-corrected chi connectivity index (χ0v) is 16.8. The number of hydrogen-bond acceptors (Lipinski definition) is 7. The van der Waals surface area contributed by atoms with Crippen LogP contribution in [0.25, 0.3) is 0 Å². The van der Waals surface area contributed by atoms with E-state index in [1.54, 1.807) is 24.3 Å². The molecular formula is C19H18N4O6S. The summed E-state index contributed by atoms with van der Waals surface area (Å²) >= 11 is 0. The minimum atomic E-state index is -3.50. The molecule has 156 valence electrons. The highest BCUT2D eigenvalue weighted by molar-refractivity contribution is 7.90. The molecular weight excluding hydrogens is 412 g/mol. The van der Waals surface area contributed by atoms with Crippen LogP contribution in [0.4, 0.5) is 11.4 Å². The molecule has 10 nitrogen and oxygen atoms in total. The van der Waals surface area contributed by atoms with Crippen molar-refractivity contribution < 1.29 is 27.5 Å². The van der Waals surface area contributed by atoms with E-state index in [1.807, 2.05) is 0 Å². The Hall–Kier alpha value is -3.47.